The molecule has 0 saturated carbocycles. The van der Waals surface area contributed by atoms with Crippen molar-refractivity contribution in [3.8, 4) is 11.4 Å². The number of rotatable bonds is 4. The molecule has 0 spiro atoms. The molecular weight excluding hydrogens is 394 g/mol. The molecule has 0 atom stereocenters. The molecule has 2 aromatic rings. The standard InChI is InChI=1S/C16H19Br2N3/c1-5-6-12-14(18)16(19-4)21-15(20-12)11-7-9(2)13(17)10(3)8-11/h7-8H,5-6H2,1-4H3,(H,19,20,21). The summed E-state index contributed by atoms with van der Waals surface area (Å²) in [7, 11) is 1.88. The van der Waals surface area contributed by atoms with Gasteiger partial charge in [0.2, 0.25) is 0 Å². The molecule has 1 aromatic heterocycles. The highest BCUT2D eigenvalue weighted by Crippen LogP contribution is 2.31. The first kappa shape index (κ1) is 16.4. The first-order valence-corrected chi connectivity index (χ1v) is 8.57. The molecule has 0 bridgehead atoms. The average molecular weight is 413 g/mol. The van der Waals surface area contributed by atoms with Crippen molar-refractivity contribution in [3.05, 3.63) is 37.9 Å². The second-order valence-corrected chi connectivity index (χ2v) is 6.67. The topological polar surface area (TPSA) is 37.8 Å². The summed E-state index contributed by atoms with van der Waals surface area (Å²) in [5, 5.41) is 3.14. The van der Waals surface area contributed by atoms with Gasteiger partial charge in [0, 0.05) is 17.1 Å². The second kappa shape index (κ2) is 6.88. The zero-order chi connectivity index (χ0) is 15.6. The lowest BCUT2D eigenvalue weighted by molar-refractivity contribution is 0.869. The first-order chi connectivity index (χ1) is 9.97. The van der Waals surface area contributed by atoms with Crippen LogP contribution >= 0.6 is 31.9 Å². The molecule has 0 saturated heterocycles. The van der Waals surface area contributed by atoms with E-state index in [0.29, 0.717) is 0 Å². The zero-order valence-corrected chi connectivity index (χ0v) is 15.9. The predicted octanol–water partition coefficient (Wildman–Crippen LogP) is 5.28. The monoisotopic (exact) mass is 411 g/mol. The molecule has 0 radical (unpaired) electrons. The largest absolute Gasteiger partial charge is 0.372 e. The van der Waals surface area contributed by atoms with Gasteiger partial charge in [-0.1, -0.05) is 29.3 Å². The van der Waals surface area contributed by atoms with Crippen LogP contribution in [0.5, 0.6) is 0 Å². The van der Waals surface area contributed by atoms with Crippen LogP contribution in [0.1, 0.15) is 30.2 Å². The molecule has 0 aliphatic heterocycles. The zero-order valence-electron chi connectivity index (χ0n) is 12.7. The highest BCUT2D eigenvalue weighted by Gasteiger charge is 2.13. The Kier molecular flexibility index (Phi) is 5.38. The summed E-state index contributed by atoms with van der Waals surface area (Å²) in [6.45, 7) is 6.33. The molecule has 0 unspecified atom stereocenters. The molecule has 2 rings (SSSR count). The van der Waals surface area contributed by atoms with Crippen LogP contribution < -0.4 is 5.32 Å². The van der Waals surface area contributed by atoms with Crippen LogP contribution in [0.3, 0.4) is 0 Å². The summed E-state index contributed by atoms with van der Waals surface area (Å²) in [6, 6.07) is 4.24. The molecule has 1 heterocycles. The minimum Gasteiger partial charge on any atom is -0.372 e. The number of hydrogen-bond acceptors (Lipinski definition) is 3. The number of halogens is 2. The van der Waals surface area contributed by atoms with Crippen LogP contribution in [0.25, 0.3) is 11.4 Å². The van der Waals surface area contributed by atoms with E-state index in [4.69, 9.17) is 4.98 Å². The summed E-state index contributed by atoms with van der Waals surface area (Å²) in [5.74, 6) is 1.60. The lowest BCUT2D eigenvalue weighted by Crippen LogP contribution is -2.03. The predicted molar refractivity (Wildman–Crippen MR) is 95.9 cm³/mol. The normalized spacial score (nSPS) is 10.8. The van der Waals surface area contributed by atoms with Crippen LogP contribution in [0.15, 0.2) is 21.1 Å². The molecule has 0 aliphatic rings. The molecule has 0 aliphatic carbocycles. The number of anilines is 1. The van der Waals surface area contributed by atoms with Gasteiger partial charge in [-0.2, -0.15) is 0 Å². The van der Waals surface area contributed by atoms with Gasteiger partial charge in [-0.25, -0.2) is 9.97 Å². The Bertz CT molecular complexity index is 646. The van der Waals surface area contributed by atoms with E-state index in [9.17, 15) is 0 Å². The Hall–Kier alpha value is -0.940. The van der Waals surface area contributed by atoms with Gasteiger partial charge in [-0.15, -0.1) is 0 Å². The van der Waals surface area contributed by atoms with Crippen LogP contribution in [-0.4, -0.2) is 17.0 Å². The Labute approximate surface area is 142 Å². The molecular formula is C16H19Br2N3. The average Bonchev–Trinajstić information content (AvgIpc) is 2.46. The highest BCUT2D eigenvalue weighted by atomic mass is 79.9. The highest BCUT2D eigenvalue weighted by molar-refractivity contribution is 9.11. The summed E-state index contributed by atoms with van der Waals surface area (Å²) in [4.78, 5) is 9.37. The third-order valence-corrected chi connectivity index (χ3v) is 5.42. The van der Waals surface area contributed by atoms with Gasteiger partial charge >= 0.3 is 0 Å². The van der Waals surface area contributed by atoms with Gasteiger partial charge in [0.15, 0.2) is 5.82 Å². The van der Waals surface area contributed by atoms with Crippen LogP contribution in [0, 0.1) is 13.8 Å². The van der Waals surface area contributed by atoms with Crippen LogP contribution in [0.2, 0.25) is 0 Å². The van der Waals surface area contributed by atoms with E-state index in [1.165, 1.54) is 11.1 Å². The van der Waals surface area contributed by atoms with E-state index >= 15 is 0 Å². The lowest BCUT2D eigenvalue weighted by atomic mass is 10.1. The molecule has 0 fully saturated rings. The summed E-state index contributed by atoms with van der Waals surface area (Å²) in [5.41, 5.74) is 4.48. The van der Waals surface area contributed by atoms with Gasteiger partial charge in [-0.3, -0.25) is 0 Å². The first-order valence-electron chi connectivity index (χ1n) is 6.99. The fourth-order valence-electron chi connectivity index (χ4n) is 2.27. The van der Waals surface area contributed by atoms with Gasteiger partial charge in [-0.05, 0) is 59.5 Å². The van der Waals surface area contributed by atoms with Crippen molar-refractivity contribution in [3.63, 3.8) is 0 Å². The smallest absolute Gasteiger partial charge is 0.161 e. The molecule has 5 heteroatoms. The van der Waals surface area contributed by atoms with Crippen molar-refractivity contribution in [1.29, 1.82) is 0 Å². The number of nitrogens with one attached hydrogen (secondary N) is 1. The molecule has 0 amide bonds. The van der Waals surface area contributed by atoms with E-state index in [2.05, 4.69) is 75.1 Å². The molecule has 21 heavy (non-hydrogen) atoms. The molecule has 3 nitrogen and oxygen atoms in total. The van der Waals surface area contributed by atoms with E-state index in [1.807, 2.05) is 7.05 Å². The van der Waals surface area contributed by atoms with Gasteiger partial charge in [0.05, 0.1) is 10.2 Å². The van der Waals surface area contributed by atoms with Crippen molar-refractivity contribution < 1.29 is 0 Å². The lowest BCUT2D eigenvalue weighted by Gasteiger charge is -2.12. The third-order valence-electron chi connectivity index (χ3n) is 3.34. The quantitative estimate of drug-likeness (QED) is 0.742. The van der Waals surface area contributed by atoms with Gasteiger partial charge in [0.25, 0.3) is 0 Å². The fraction of sp³-hybridized carbons (Fsp3) is 0.375. The number of benzene rings is 1. The minimum atomic E-state index is 0.768. The third kappa shape index (κ3) is 3.46. The van der Waals surface area contributed by atoms with Crippen molar-refractivity contribution >= 4 is 37.7 Å². The van der Waals surface area contributed by atoms with Crippen molar-refractivity contribution in [2.24, 2.45) is 0 Å². The Balaban J connectivity index is 2.60. The molecule has 1 N–H and O–H groups in total. The summed E-state index contributed by atoms with van der Waals surface area (Å²) < 4.78 is 2.10. The van der Waals surface area contributed by atoms with Crippen molar-refractivity contribution in [1.82, 2.24) is 9.97 Å². The number of aromatic nitrogens is 2. The number of hydrogen-bond donors (Lipinski definition) is 1. The minimum absolute atomic E-state index is 0.768. The van der Waals surface area contributed by atoms with Gasteiger partial charge < -0.3 is 5.32 Å². The van der Waals surface area contributed by atoms with E-state index in [0.717, 1.165) is 44.7 Å². The second-order valence-electron chi connectivity index (χ2n) is 5.08. The summed E-state index contributed by atoms with van der Waals surface area (Å²) >= 11 is 7.20. The number of nitrogens with zero attached hydrogens (tertiary/aromatic N) is 2. The number of aryl methyl sites for hydroxylation is 3. The van der Waals surface area contributed by atoms with E-state index in [-0.39, 0.29) is 0 Å². The van der Waals surface area contributed by atoms with Gasteiger partial charge in [0.1, 0.15) is 5.82 Å². The maximum atomic E-state index is 4.74. The maximum Gasteiger partial charge on any atom is 0.161 e. The van der Waals surface area contributed by atoms with E-state index < -0.39 is 0 Å². The van der Waals surface area contributed by atoms with Crippen molar-refractivity contribution in [2.45, 2.75) is 33.6 Å². The van der Waals surface area contributed by atoms with Crippen molar-refractivity contribution in [2.75, 3.05) is 12.4 Å². The summed E-state index contributed by atoms with van der Waals surface area (Å²) in [6.07, 6.45) is 1.98. The Morgan fingerprint density at radius 3 is 2.19 bits per heavy atom. The van der Waals surface area contributed by atoms with E-state index in [1.54, 1.807) is 0 Å². The van der Waals surface area contributed by atoms with Crippen LogP contribution in [-0.2, 0) is 6.42 Å². The Morgan fingerprint density at radius 1 is 1.05 bits per heavy atom. The Morgan fingerprint density at radius 2 is 1.67 bits per heavy atom. The maximum absolute atomic E-state index is 4.74. The molecule has 112 valence electrons. The molecule has 1 aromatic carbocycles. The fourth-order valence-corrected chi connectivity index (χ4v) is 3.07. The van der Waals surface area contributed by atoms with Crippen LogP contribution in [0.4, 0.5) is 5.82 Å². The SMILES string of the molecule is CCCc1nc(-c2cc(C)c(Br)c(C)c2)nc(NC)c1Br.